The van der Waals surface area contributed by atoms with Crippen molar-refractivity contribution in [2.24, 2.45) is 0 Å². The van der Waals surface area contributed by atoms with Crippen LogP contribution in [0.3, 0.4) is 0 Å². The van der Waals surface area contributed by atoms with Crippen molar-refractivity contribution in [2.45, 2.75) is 28.2 Å². The minimum absolute atomic E-state index is 0. The van der Waals surface area contributed by atoms with E-state index in [0.29, 0.717) is 5.56 Å². The Kier molecular flexibility index (Phi) is 4.17. The highest BCUT2D eigenvalue weighted by Gasteiger charge is 2.17. The summed E-state index contributed by atoms with van der Waals surface area (Å²) in [6, 6.07) is 10.7. The second-order valence-corrected chi connectivity index (χ2v) is 5.92. The number of hydrogen-bond donors (Lipinski definition) is 1. The van der Waals surface area contributed by atoms with Gasteiger partial charge >= 0.3 is 0 Å². The first-order valence-electron chi connectivity index (χ1n) is 7.73. The summed E-state index contributed by atoms with van der Waals surface area (Å²) >= 11 is 0. The Labute approximate surface area is 145 Å². The molecule has 0 unspecified atom stereocenters. The number of fused-ring (bicyclic) bond motifs is 1. The van der Waals surface area contributed by atoms with Gasteiger partial charge < -0.3 is 9.51 Å². The van der Waals surface area contributed by atoms with Crippen molar-refractivity contribution in [2.75, 3.05) is 0 Å². The van der Waals surface area contributed by atoms with Crippen LogP contribution in [0.25, 0.3) is 33.3 Å². The molecule has 25 heavy (non-hydrogen) atoms. The monoisotopic (exact) mass is 337 g/mol. The van der Waals surface area contributed by atoms with Gasteiger partial charge in [-0.3, -0.25) is 0 Å². The molecular formula is C20H20FN3O. The van der Waals surface area contributed by atoms with Crippen LogP contribution >= 0.6 is 0 Å². The molecule has 128 valence electrons. The number of H-pyrrole nitrogens is 1. The van der Waals surface area contributed by atoms with Crippen molar-refractivity contribution in [3.05, 3.63) is 59.5 Å². The molecule has 2 aromatic heterocycles. The number of aromatic amines is 1. The zero-order chi connectivity index (χ0) is 16.8. The second-order valence-electron chi connectivity index (χ2n) is 5.92. The Balaban J connectivity index is 0.00000182. The van der Waals surface area contributed by atoms with Crippen LogP contribution < -0.4 is 0 Å². The lowest BCUT2D eigenvalue weighted by atomic mass is 9.96. The highest BCUT2D eigenvalue weighted by atomic mass is 19.1. The van der Waals surface area contributed by atoms with Gasteiger partial charge in [0, 0.05) is 16.7 Å². The van der Waals surface area contributed by atoms with Gasteiger partial charge in [-0.05, 0) is 44.5 Å². The van der Waals surface area contributed by atoms with Crippen molar-refractivity contribution in [3.63, 3.8) is 0 Å². The molecule has 1 N–H and O–H groups in total. The highest BCUT2D eigenvalue weighted by molar-refractivity contribution is 5.96. The standard InChI is InChI=1S/C19H16FN3O.CH4/c1-10-18(11(2)24-23-10)13-8-15(14-6-4-5-7-16(14)20)19-17(9-13)21-12(3)22-19;/h4-9H,1-3H3,(H,21,22);1H4. The summed E-state index contributed by atoms with van der Waals surface area (Å²) in [4.78, 5) is 7.78. The topological polar surface area (TPSA) is 54.7 Å². The van der Waals surface area contributed by atoms with Crippen molar-refractivity contribution in [1.82, 2.24) is 15.1 Å². The molecule has 4 aromatic rings. The molecular weight excluding hydrogens is 317 g/mol. The molecule has 4 rings (SSSR count). The maximum atomic E-state index is 14.4. The second kappa shape index (κ2) is 6.16. The third kappa shape index (κ3) is 2.71. The SMILES string of the molecule is C.Cc1nc2c(-c3ccccc3F)cc(-c3c(C)noc3C)cc2[nH]1. The molecule has 0 saturated carbocycles. The van der Waals surface area contributed by atoms with E-state index in [2.05, 4.69) is 15.1 Å². The Bertz CT molecular complexity index is 1040. The summed E-state index contributed by atoms with van der Waals surface area (Å²) in [5.41, 5.74) is 5.58. The van der Waals surface area contributed by atoms with Crippen molar-refractivity contribution in [1.29, 1.82) is 0 Å². The van der Waals surface area contributed by atoms with Gasteiger partial charge in [-0.2, -0.15) is 0 Å². The van der Waals surface area contributed by atoms with E-state index in [4.69, 9.17) is 4.52 Å². The van der Waals surface area contributed by atoms with E-state index >= 15 is 0 Å². The summed E-state index contributed by atoms with van der Waals surface area (Å²) in [5.74, 6) is 1.26. The first-order chi connectivity index (χ1) is 11.5. The maximum absolute atomic E-state index is 14.4. The molecule has 2 heterocycles. The van der Waals surface area contributed by atoms with Crippen LogP contribution in [0, 0.1) is 26.6 Å². The zero-order valence-electron chi connectivity index (χ0n) is 13.6. The summed E-state index contributed by atoms with van der Waals surface area (Å²) in [6.45, 7) is 5.66. The average molecular weight is 337 g/mol. The minimum atomic E-state index is -0.268. The van der Waals surface area contributed by atoms with E-state index in [1.54, 1.807) is 12.1 Å². The van der Waals surface area contributed by atoms with Crippen LogP contribution in [-0.2, 0) is 0 Å². The Hall–Kier alpha value is -2.95. The molecule has 2 aromatic carbocycles. The van der Waals surface area contributed by atoms with Gasteiger partial charge in [0.25, 0.3) is 0 Å². The number of aryl methyl sites for hydroxylation is 3. The first kappa shape index (κ1) is 16.9. The predicted octanol–water partition coefficient (Wildman–Crippen LogP) is 5.59. The number of benzene rings is 2. The van der Waals surface area contributed by atoms with Crippen LogP contribution in [0.15, 0.2) is 40.9 Å². The lowest BCUT2D eigenvalue weighted by Crippen LogP contribution is -1.89. The molecule has 0 spiro atoms. The molecule has 0 atom stereocenters. The van der Waals surface area contributed by atoms with E-state index in [0.717, 1.165) is 45.0 Å². The van der Waals surface area contributed by atoms with Crippen molar-refractivity contribution >= 4 is 11.0 Å². The Morgan fingerprint density at radius 3 is 2.48 bits per heavy atom. The number of aromatic nitrogens is 3. The van der Waals surface area contributed by atoms with Gasteiger partial charge in [-0.15, -0.1) is 0 Å². The molecule has 0 aliphatic carbocycles. The summed E-state index contributed by atoms with van der Waals surface area (Å²) in [7, 11) is 0. The number of nitrogens with one attached hydrogen (secondary N) is 1. The molecule has 0 radical (unpaired) electrons. The Morgan fingerprint density at radius 2 is 1.80 bits per heavy atom. The van der Waals surface area contributed by atoms with Crippen LogP contribution in [0.2, 0.25) is 0 Å². The summed E-state index contributed by atoms with van der Waals surface area (Å²) < 4.78 is 19.7. The van der Waals surface area contributed by atoms with E-state index < -0.39 is 0 Å². The molecule has 5 heteroatoms. The number of imidazole rings is 1. The molecule has 0 bridgehead atoms. The largest absolute Gasteiger partial charge is 0.361 e. The van der Waals surface area contributed by atoms with Crippen LogP contribution in [0.5, 0.6) is 0 Å². The number of halogens is 1. The van der Waals surface area contributed by atoms with Crippen LogP contribution in [0.1, 0.15) is 24.7 Å². The number of nitrogens with zero attached hydrogens (tertiary/aromatic N) is 2. The molecule has 0 fully saturated rings. The fourth-order valence-corrected chi connectivity index (χ4v) is 3.17. The quantitative estimate of drug-likeness (QED) is 0.519. The first-order valence-corrected chi connectivity index (χ1v) is 7.73. The lowest BCUT2D eigenvalue weighted by Gasteiger charge is -2.08. The fraction of sp³-hybridized carbons (Fsp3) is 0.200. The molecule has 0 aliphatic rings. The van der Waals surface area contributed by atoms with Crippen LogP contribution in [-0.4, -0.2) is 15.1 Å². The van der Waals surface area contributed by atoms with E-state index in [-0.39, 0.29) is 13.2 Å². The summed E-state index contributed by atoms with van der Waals surface area (Å²) in [6.07, 6.45) is 0. The van der Waals surface area contributed by atoms with Gasteiger partial charge in [0.05, 0.1) is 16.7 Å². The third-order valence-electron chi connectivity index (χ3n) is 4.19. The minimum Gasteiger partial charge on any atom is -0.361 e. The highest BCUT2D eigenvalue weighted by Crippen LogP contribution is 2.36. The van der Waals surface area contributed by atoms with Gasteiger partial charge in [-0.25, -0.2) is 9.37 Å². The Morgan fingerprint density at radius 1 is 1.04 bits per heavy atom. The van der Waals surface area contributed by atoms with Crippen molar-refractivity contribution in [3.8, 4) is 22.3 Å². The normalized spacial score (nSPS) is 10.9. The predicted molar refractivity (Wildman–Crippen MR) is 97.9 cm³/mol. The number of hydrogen-bond acceptors (Lipinski definition) is 3. The van der Waals surface area contributed by atoms with Gasteiger partial charge in [0.15, 0.2) is 0 Å². The average Bonchev–Trinajstić information content (AvgIpc) is 3.08. The van der Waals surface area contributed by atoms with Crippen molar-refractivity contribution < 1.29 is 8.91 Å². The molecule has 0 aliphatic heterocycles. The summed E-state index contributed by atoms with van der Waals surface area (Å²) in [5, 5.41) is 4.02. The van der Waals surface area contributed by atoms with E-state index in [9.17, 15) is 4.39 Å². The van der Waals surface area contributed by atoms with E-state index in [1.807, 2.05) is 39.0 Å². The maximum Gasteiger partial charge on any atom is 0.141 e. The molecule has 0 amide bonds. The zero-order valence-corrected chi connectivity index (χ0v) is 13.6. The number of rotatable bonds is 2. The fourth-order valence-electron chi connectivity index (χ4n) is 3.17. The third-order valence-corrected chi connectivity index (χ3v) is 4.19. The van der Waals surface area contributed by atoms with Gasteiger partial charge in [0.1, 0.15) is 17.4 Å². The molecule has 0 saturated heterocycles. The lowest BCUT2D eigenvalue weighted by molar-refractivity contribution is 0.393. The molecule has 4 nitrogen and oxygen atoms in total. The van der Waals surface area contributed by atoms with Crippen LogP contribution in [0.4, 0.5) is 4.39 Å². The smallest absolute Gasteiger partial charge is 0.141 e. The van der Waals surface area contributed by atoms with Gasteiger partial charge in [-0.1, -0.05) is 30.8 Å². The van der Waals surface area contributed by atoms with E-state index in [1.165, 1.54) is 6.07 Å². The van der Waals surface area contributed by atoms with Gasteiger partial charge in [0.2, 0.25) is 0 Å².